The van der Waals surface area contributed by atoms with Crippen molar-refractivity contribution in [1.29, 1.82) is 0 Å². The molecule has 0 aliphatic carbocycles. The lowest BCUT2D eigenvalue weighted by Crippen LogP contribution is -2.36. The summed E-state index contributed by atoms with van der Waals surface area (Å²) in [5.74, 6) is 0.683. The normalized spacial score (nSPS) is 17.9. The summed E-state index contributed by atoms with van der Waals surface area (Å²) in [7, 11) is 0. The second-order valence-corrected chi connectivity index (χ2v) is 7.60. The number of fused-ring (bicyclic) bond motifs is 1. The van der Waals surface area contributed by atoms with Gasteiger partial charge < -0.3 is 25.1 Å². The Morgan fingerprint density at radius 1 is 1.03 bits per heavy atom. The number of morpholine rings is 1. The molecule has 0 saturated carbocycles. The SMILES string of the molecule is O=CC1NC=C(c2ccccc2)c2ccnc(Nc3ccc(N4CCOCC4)cc3)c21. The molecule has 156 valence electrons. The maximum absolute atomic E-state index is 11.8. The van der Waals surface area contributed by atoms with Crippen LogP contribution in [0.1, 0.15) is 22.7 Å². The summed E-state index contributed by atoms with van der Waals surface area (Å²) >= 11 is 0. The number of aromatic nitrogens is 1. The van der Waals surface area contributed by atoms with Crippen LogP contribution in [0, 0.1) is 0 Å². The van der Waals surface area contributed by atoms with Gasteiger partial charge >= 0.3 is 0 Å². The molecule has 3 heterocycles. The topological polar surface area (TPSA) is 66.5 Å². The van der Waals surface area contributed by atoms with Crippen LogP contribution in [0.25, 0.3) is 5.57 Å². The zero-order valence-corrected chi connectivity index (χ0v) is 17.1. The third-order valence-electron chi connectivity index (χ3n) is 5.73. The summed E-state index contributed by atoms with van der Waals surface area (Å²) in [6.07, 6.45) is 4.62. The molecule has 2 aliphatic heterocycles. The maximum Gasteiger partial charge on any atom is 0.146 e. The highest BCUT2D eigenvalue weighted by Gasteiger charge is 2.25. The molecule has 31 heavy (non-hydrogen) atoms. The standard InChI is InChI=1S/C25H24N4O2/c30-17-23-24-21(22(16-27-23)18-4-2-1-3-5-18)10-11-26-25(24)28-19-6-8-20(9-7-19)29-12-14-31-15-13-29/h1-11,16-17,23,27H,12-15H2,(H,26,28). The molecule has 0 radical (unpaired) electrons. The van der Waals surface area contributed by atoms with Crippen LogP contribution < -0.4 is 15.5 Å². The lowest BCUT2D eigenvalue weighted by atomic mass is 9.89. The Hall–Kier alpha value is -3.64. The van der Waals surface area contributed by atoms with Gasteiger partial charge in [0, 0.05) is 48.0 Å². The maximum atomic E-state index is 11.8. The van der Waals surface area contributed by atoms with Gasteiger partial charge in [0.1, 0.15) is 18.1 Å². The van der Waals surface area contributed by atoms with E-state index in [9.17, 15) is 4.79 Å². The van der Waals surface area contributed by atoms with E-state index in [-0.39, 0.29) is 0 Å². The Balaban J connectivity index is 1.45. The molecular formula is C25H24N4O2. The predicted octanol–water partition coefficient (Wildman–Crippen LogP) is 3.89. The summed E-state index contributed by atoms with van der Waals surface area (Å²) in [6, 6.07) is 20.0. The number of anilines is 3. The molecule has 2 aliphatic rings. The zero-order valence-electron chi connectivity index (χ0n) is 17.1. The molecule has 1 atom stereocenters. The first kappa shape index (κ1) is 19.3. The number of rotatable bonds is 5. The van der Waals surface area contributed by atoms with E-state index in [2.05, 4.69) is 44.8 Å². The van der Waals surface area contributed by atoms with Crippen molar-refractivity contribution in [2.45, 2.75) is 6.04 Å². The zero-order chi connectivity index (χ0) is 21.0. The van der Waals surface area contributed by atoms with Gasteiger partial charge in [0.25, 0.3) is 0 Å². The number of carbonyl (C=O) groups excluding carboxylic acids is 1. The Kier molecular flexibility index (Phi) is 5.37. The largest absolute Gasteiger partial charge is 0.378 e. The number of ether oxygens (including phenoxy) is 1. The van der Waals surface area contributed by atoms with Gasteiger partial charge in [-0.15, -0.1) is 0 Å². The highest BCUT2D eigenvalue weighted by atomic mass is 16.5. The minimum absolute atomic E-state index is 0.453. The van der Waals surface area contributed by atoms with Crippen molar-refractivity contribution in [3.63, 3.8) is 0 Å². The second kappa shape index (κ2) is 8.62. The lowest BCUT2D eigenvalue weighted by molar-refractivity contribution is -0.109. The number of aldehydes is 1. The number of hydrogen-bond acceptors (Lipinski definition) is 6. The molecule has 1 fully saturated rings. The number of nitrogens with one attached hydrogen (secondary N) is 2. The van der Waals surface area contributed by atoms with Gasteiger partial charge in [-0.2, -0.15) is 0 Å². The fourth-order valence-electron chi connectivity index (χ4n) is 4.13. The highest BCUT2D eigenvalue weighted by molar-refractivity contribution is 5.88. The highest BCUT2D eigenvalue weighted by Crippen LogP contribution is 2.37. The molecule has 1 unspecified atom stereocenters. The van der Waals surface area contributed by atoms with Crippen molar-refractivity contribution in [2.24, 2.45) is 0 Å². The van der Waals surface area contributed by atoms with E-state index in [0.29, 0.717) is 5.82 Å². The average molecular weight is 412 g/mol. The van der Waals surface area contributed by atoms with E-state index in [1.54, 1.807) is 6.20 Å². The fourth-order valence-corrected chi connectivity index (χ4v) is 4.13. The quantitative estimate of drug-likeness (QED) is 0.620. The molecule has 6 heteroatoms. The average Bonchev–Trinajstić information content (AvgIpc) is 2.85. The van der Waals surface area contributed by atoms with Crippen LogP contribution in [0.4, 0.5) is 17.2 Å². The van der Waals surface area contributed by atoms with E-state index in [1.807, 2.05) is 42.6 Å². The number of carbonyl (C=O) groups is 1. The van der Waals surface area contributed by atoms with Gasteiger partial charge in [0.05, 0.1) is 13.2 Å². The van der Waals surface area contributed by atoms with E-state index < -0.39 is 6.04 Å². The number of hydrogen-bond donors (Lipinski definition) is 2. The summed E-state index contributed by atoms with van der Waals surface area (Å²) in [6.45, 7) is 3.33. The van der Waals surface area contributed by atoms with Gasteiger partial charge in [-0.3, -0.25) is 0 Å². The van der Waals surface area contributed by atoms with Crippen molar-refractivity contribution >= 4 is 29.1 Å². The molecule has 0 spiro atoms. The lowest BCUT2D eigenvalue weighted by Gasteiger charge is -2.29. The van der Waals surface area contributed by atoms with E-state index in [4.69, 9.17) is 4.74 Å². The van der Waals surface area contributed by atoms with Gasteiger partial charge in [-0.25, -0.2) is 4.98 Å². The first-order chi connectivity index (χ1) is 15.3. The van der Waals surface area contributed by atoms with Crippen LogP contribution in [-0.4, -0.2) is 37.6 Å². The third-order valence-corrected chi connectivity index (χ3v) is 5.73. The van der Waals surface area contributed by atoms with Crippen molar-refractivity contribution in [1.82, 2.24) is 10.3 Å². The van der Waals surface area contributed by atoms with Crippen molar-refractivity contribution < 1.29 is 9.53 Å². The van der Waals surface area contributed by atoms with Crippen LogP contribution in [0.2, 0.25) is 0 Å². The molecule has 6 nitrogen and oxygen atoms in total. The molecule has 0 amide bonds. The van der Waals surface area contributed by atoms with Gasteiger partial charge in [0.15, 0.2) is 0 Å². The Labute approximate surface area is 181 Å². The molecule has 2 aromatic carbocycles. The van der Waals surface area contributed by atoms with Crippen LogP contribution in [0.5, 0.6) is 0 Å². The van der Waals surface area contributed by atoms with Crippen LogP contribution in [0.3, 0.4) is 0 Å². The Morgan fingerprint density at radius 2 is 1.81 bits per heavy atom. The summed E-state index contributed by atoms with van der Waals surface area (Å²) < 4.78 is 5.44. The fraction of sp³-hybridized carbons (Fsp3) is 0.200. The molecule has 5 rings (SSSR count). The van der Waals surface area contributed by atoms with E-state index in [0.717, 1.165) is 60.5 Å². The Morgan fingerprint density at radius 3 is 2.55 bits per heavy atom. The van der Waals surface area contributed by atoms with Gasteiger partial charge in [-0.1, -0.05) is 30.3 Å². The molecule has 3 aromatic rings. The number of benzene rings is 2. The van der Waals surface area contributed by atoms with Gasteiger partial charge in [-0.05, 0) is 41.5 Å². The minimum atomic E-state index is -0.453. The Bertz CT molecular complexity index is 1090. The van der Waals surface area contributed by atoms with Crippen molar-refractivity contribution in [2.75, 3.05) is 36.5 Å². The smallest absolute Gasteiger partial charge is 0.146 e. The number of pyridine rings is 1. The predicted molar refractivity (Wildman–Crippen MR) is 122 cm³/mol. The minimum Gasteiger partial charge on any atom is -0.378 e. The van der Waals surface area contributed by atoms with Gasteiger partial charge in [0.2, 0.25) is 0 Å². The van der Waals surface area contributed by atoms with Crippen LogP contribution in [-0.2, 0) is 9.53 Å². The molecular weight excluding hydrogens is 388 g/mol. The first-order valence-electron chi connectivity index (χ1n) is 10.5. The van der Waals surface area contributed by atoms with E-state index >= 15 is 0 Å². The third kappa shape index (κ3) is 3.90. The molecule has 1 saturated heterocycles. The first-order valence-corrected chi connectivity index (χ1v) is 10.5. The molecule has 1 aromatic heterocycles. The summed E-state index contributed by atoms with van der Waals surface area (Å²) in [5.41, 5.74) is 6.10. The number of nitrogens with zero attached hydrogens (tertiary/aromatic N) is 2. The van der Waals surface area contributed by atoms with Crippen molar-refractivity contribution in [3.05, 3.63) is 89.8 Å². The van der Waals surface area contributed by atoms with E-state index in [1.165, 1.54) is 5.69 Å². The van der Waals surface area contributed by atoms with Crippen LogP contribution >= 0.6 is 0 Å². The summed E-state index contributed by atoms with van der Waals surface area (Å²) in [4.78, 5) is 18.7. The molecule has 0 bridgehead atoms. The molecule has 2 N–H and O–H groups in total. The second-order valence-electron chi connectivity index (χ2n) is 7.60. The van der Waals surface area contributed by atoms with Crippen molar-refractivity contribution in [3.8, 4) is 0 Å². The van der Waals surface area contributed by atoms with Crippen LogP contribution in [0.15, 0.2) is 73.1 Å². The monoisotopic (exact) mass is 412 g/mol. The summed E-state index contributed by atoms with van der Waals surface area (Å²) in [5, 5.41) is 6.64.